The van der Waals surface area contributed by atoms with Crippen molar-refractivity contribution in [1.82, 2.24) is 5.32 Å². The average Bonchev–Trinajstić information content (AvgIpc) is 2.70. The van der Waals surface area contributed by atoms with E-state index in [0.717, 1.165) is 17.2 Å². The third kappa shape index (κ3) is 3.25. The van der Waals surface area contributed by atoms with Crippen LogP contribution in [0.5, 0.6) is 0 Å². The number of piperidine rings is 1. The van der Waals surface area contributed by atoms with Gasteiger partial charge in [-0.15, -0.1) is 11.3 Å². The molecule has 0 amide bonds. The zero-order valence-corrected chi connectivity index (χ0v) is 12.1. The number of rotatable bonds is 4. The van der Waals surface area contributed by atoms with E-state index in [2.05, 4.69) is 12.2 Å². The maximum absolute atomic E-state index is 9.33. The summed E-state index contributed by atoms with van der Waals surface area (Å²) in [6.45, 7) is 2.48. The quantitative estimate of drug-likeness (QED) is 0.796. The third-order valence-electron chi connectivity index (χ3n) is 3.51. The van der Waals surface area contributed by atoms with Gasteiger partial charge in [0.25, 0.3) is 0 Å². The van der Waals surface area contributed by atoms with Gasteiger partial charge in [0.1, 0.15) is 0 Å². The van der Waals surface area contributed by atoms with Crippen molar-refractivity contribution in [2.75, 3.05) is 13.2 Å². The van der Waals surface area contributed by atoms with Crippen LogP contribution in [0.1, 0.15) is 36.1 Å². The molecule has 18 heavy (non-hydrogen) atoms. The van der Waals surface area contributed by atoms with Gasteiger partial charge in [0.05, 0.1) is 10.9 Å². The molecule has 0 saturated carbocycles. The summed E-state index contributed by atoms with van der Waals surface area (Å²) in [7, 11) is 0. The third-order valence-corrected chi connectivity index (χ3v) is 4.98. The molecule has 1 aliphatic heterocycles. The molecule has 0 aromatic carbocycles. The summed E-state index contributed by atoms with van der Waals surface area (Å²) in [5.74, 6) is 0.442. The molecule has 3 atom stereocenters. The fraction of sp³-hybridized carbons (Fsp3) is 0.692. The topological polar surface area (TPSA) is 52.5 Å². The van der Waals surface area contributed by atoms with Gasteiger partial charge in [-0.05, 0) is 43.7 Å². The van der Waals surface area contributed by atoms with Gasteiger partial charge in [0.15, 0.2) is 0 Å². The lowest BCUT2D eigenvalue weighted by Gasteiger charge is -2.34. The molecule has 2 heterocycles. The number of hydrogen-bond donors (Lipinski definition) is 3. The molecule has 2 rings (SSSR count). The Morgan fingerprint density at radius 1 is 1.44 bits per heavy atom. The van der Waals surface area contributed by atoms with E-state index in [1.807, 2.05) is 6.07 Å². The zero-order valence-electron chi connectivity index (χ0n) is 10.5. The SMILES string of the molecule is CC1CC(c2sc(Cl)cc2CCO)CC(CO)N1. The molecule has 5 heteroatoms. The molecular formula is C13H20ClNO2S. The van der Waals surface area contributed by atoms with Gasteiger partial charge in [-0.3, -0.25) is 0 Å². The van der Waals surface area contributed by atoms with Crippen molar-refractivity contribution in [1.29, 1.82) is 0 Å². The minimum atomic E-state index is 0.157. The molecule has 1 saturated heterocycles. The monoisotopic (exact) mass is 289 g/mol. The van der Waals surface area contributed by atoms with E-state index in [1.54, 1.807) is 11.3 Å². The van der Waals surface area contributed by atoms with E-state index < -0.39 is 0 Å². The van der Waals surface area contributed by atoms with Crippen LogP contribution in [0.2, 0.25) is 4.34 Å². The summed E-state index contributed by atoms with van der Waals surface area (Å²) in [5.41, 5.74) is 1.17. The Balaban J connectivity index is 2.18. The molecule has 102 valence electrons. The van der Waals surface area contributed by atoms with Crippen LogP contribution in [-0.2, 0) is 6.42 Å². The van der Waals surface area contributed by atoms with Crippen LogP contribution in [-0.4, -0.2) is 35.5 Å². The highest BCUT2D eigenvalue weighted by Gasteiger charge is 2.29. The molecule has 3 nitrogen and oxygen atoms in total. The summed E-state index contributed by atoms with van der Waals surface area (Å²) < 4.78 is 0.792. The van der Waals surface area contributed by atoms with Crippen molar-refractivity contribution in [2.24, 2.45) is 0 Å². The minimum Gasteiger partial charge on any atom is -0.396 e. The number of halogens is 1. The Bertz CT molecular complexity index is 396. The van der Waals surface area contributed by atoms with Crippen LogP contribution in [0.4, 0.5) is 0 Å². The summed E-state index contributed by atoms with van der Waals surface area (Å²) in [6.07, 6.45) is 2.67. The smallest absolute Gasteiger partial charge is 0.0934 e. The number of nitrogens with one attached hydrogen (secondary N) is 1. The Morgan fingerprint density at radius 2 is 2.22 bits per heavy atom. The molecule has 0 bridgehead atoms. The van der Waals surface area contributed by atoms with Crippen molar-refractivity contribution in [3.05, 3.63) is 20.8 Å². The van der Waals surface area contributed by atoms with Gasteiger partial charge in [0, 0.05) is 23.6 Å². The fourth-order valence-electron chi connectivity index (χ4n) is 2.82. The first-order chi connectivity index (χ1) is 8.63. The van der Waals surface area contributed by atoms with E-state index >= 15 is 0 Å². The van der Waals surface area contributed by atoms with Crippen molar-refractivity contribution in [3.63, 3.8) is 0 Å². The van der Waals surface area contributed by atoms with Crippen molar-refractivity contribution in [2.45, 2.75) is 44.2 Å². The molecule has 1 fully saturated rings. The molecule has 1 aromatic heterocycles. The average molecular weight is 290 g/mol. The minimum absolute atomic E-state index is 0.157. The van der Waals surface area contributed by atoms with Crippen LogP contribution in [0.3, 0.4) is 0 Å². The van der Waals surface area contributed by atoms with Gasteiger partial charge in [-0.2, -0.15) is 0 Å². The Kier molecular flexibility index (Phi) is 5.04. The fourth-order valence-corrected chi connectivity index (χ4v) is 4.26. The van der Waals surface area contributed by atoms with Gasteiger partial charge >= 0.3 is 0 Å². The predicted molar refractivity (Wildman–Crippen MR) is 75.6 cm³/mol. The number of aliphatic hydroxyl groups excluding tert-OH is 2. The van der Waals surface area contributed by atoms with Crippen LogP contribution in [0, 0.1) is 0 Å². The van der Waals surface area contributed by atoms with Crippen LogP contribution in [0.15, 0.2) is 6.07 Å². The Hall–Kier alpha value is -0.130. The van der Waals surface area contributed by atoms with Crippen LogP contribution >= 0.6 is 22.9 Å². The first-order valence-electron chi connectivity index (χ1n) is 6.40. The van der Waals surface area contributed by atoms with E-state index in [9.17, 15) is 5.11 Å². The normalized spacial score (nSPS) is 28.6. The van der Waals surface area contributed by atoms with Crippen molar-refractivity contribution >= 4 is 22.9 Å². The van der Waals surface area contributed by atoms with Crippen molar-refractivity contribution in [3.8, 4) is 0 Å². The highest BCUT2D eigenvalue weighted by atomic mass is 35.5. The van der Waals surface area contributed by atoms with Crippen LogP contribution < -0.4 is 5.32 Å². The number of hydrogen-bond acceptors (Lipinski definition) is 4. The molecule has 0 spiro atoms. The highest BCUT2D eigenvalue weighted by Crippen LogP contribution is 2.39. The molecular weight excluding hydrogens is 270 g/mol. The van der Waals surface area contributed by atoms with Gasteiger partial charge < -0.3 is 15.5 Å². The highest BCUT2D eigenvalue weighted by molar-refractivity contribution is 7.16. The summed E-state index contributed by atoms with van der Waals surface area (Å²) in [6, 6.07) is 2.55. The summed E-state index contributed by atoms with van der Waals surface area (Å²) in [4.78, 5) is 1.29. The van der Waals surface area contributed by atoms with Crippen LogP contribution in [0.25, 0.3) is 0 Å². The lowest BCUT2D eigenvalue weighted by atomic mass is 9.86. The van der Waals surface area contributed by atoms with E-state index in [0.29, 0.717) is 18.4 Å². The molecule has 3 N–H and O–H groups in total. The molecule has 1 aliphatic rings. The molecule has 1 aromatic rings. The first kappa shape index (κ1) is 14.3. The Morgan fingerprint density at radius 3 is 2.89 bits per heavy atom. The predicted octanol–water partition coefficient (Wildman–Crippen LogP) is 2.15. The summed E-state index contributed by atoms with van der Waals surface area (Å²) in [5, 5.41) is 21.8. The van der Waals surface area contributed by atoms with Crippen molar-refractivity contribution < 1.29 is 10.2 Å². The van der Waals surface area contributed by atoms with E-state index in [-0.39, 0.29) is 19.3 Å². The Labute approximate surface area is 117 Å². The largest absolute Gasteiger partial charge is 0.396 e. The van der Waals surface area contributed by atoms with Gasteiger partial charge in [-0.25, -0.2) is 0 Å². The zero-order chi connectivity index (χ0) is 13.1. The molecule has 3 unspecified atom stereocenters. The number of thiophene rings is 1. The van der Waals surface area contributed by atoms with E-state index in [4.69, 9.17) is 16.7 Å². The standard InChI is InChI=1S/C13H20ClNO2S/c1-8-4-10(5-11(7-17)15-8)13-9(2-3-16)6-12(14)18-13/h6,8,10-11,15-17H,2-5,7H2,1H3. The maximum Gasteiger partial charge on any atom is 0.0934 e. The number of aliphatic hydroxyl groups is 2. The second-order valence-electron chi connectivity index (χ2n) is 5.03. The maximum atomic E-state index is 9.33. The van der Waals surface area contributed by atoms with Gasteiger partial charge in [0.2, 0.25) is 0 Å². The first-order valence-corrected chi connectivity index (χ1v) is 7.59. The summed E-state index contributed by atoms with van der Waals surface area (Å²) >= 11 is 7.72. The van der Waals surface area contributed by atoms with Gasteiger partial charge in [-0.1, -0.05) is 11.6 Å². The lowest BCUT2D eigenvalue weighted by molar-refractivity contribution is 0.191. The second kappa shape index (κ2) is 6.35. The molecule has 0 radical (unpaired) electrons. The second-order valence-corrected chi connectivity index (χ2v) is 6.74. The lowest BCUT2D eigenvalue weighted by Crippen LogP contribution is -2.45. The van der Waals surface area contributed by atoms with E-state index in [1.165, 1.54) is 10.4 Å². The molecule has 0 aliphatic carbocycles.